The molecule has 31 heavy (non-hydrogen) atoms. The quantitative estimate of drug-likeness (QED) is 0.523. The Balaban J connectivity index is 1.42. The predicted molar refractivity (Wildman–Crippen MR) is 121 cm³/mol. The molecule has 8 heteroatoms. The number of fused-ring (bicyclic) bond motifs is 1. The number of carbonyl (C=O) groups excluding carboxylic acids is 3. The molecule has 0 aliphatic rings. The summed E-state index contributed by atoms with van der Waals surface area (Å²) in [7, 11) is 0. The highest BCUT2D eigenvalue weighted by Gasteiger charge is 2.19. The largest absolute Gasteiger partial charge is 0.453 e. The predicted octanol–water partition coefficient (Wildman–Crippen LogP) is 3.53. The smallest absolute Gasteiger partial charge is 0.306 e. The van der Waals surface area contributed by atoms with Crippen LogP contribution in [-0.2, 0) is 25.5 Å². The first-order valence-electron chi connectivity index (χ1n) is 10.0. The summed E-state index contributed by atoms with van der Waals surface area (Å²) in [4.78, 5) is 40.9. The number of aryl methyl sites for hydroxylation is 3. The Morgan fingerprint density at radius 2 is 1.77 bits per heavy atom. The standard InChI is InChI=1S/C23H25N3O4S/c1-14-7-6-8-15(2)22(14)26-19(27)13-24-23(29)16(3)30-21(28)12-11-20-25-17-9-4-5-10-18(17)31-20/h4-10,16H,11-13H2,1-3H3,(H,24,29)(H,26,27). The van der Waals surface area contributed by atoms with Crippen molar-refractivity contribution in [2.24, 2.45) is 0 Å². The molecule has 1 heterocycles. The van der Waals surface area contributed by atoms with Gasteiger partial charge in [-0.1, -0.05) is 30.3 Å². The van der Waals surface area contributed by atoms with Crippen LogP contribution >= 0.6 is 11.3 Å². The van der Waals surface area contributed by atoms with Crippen molar-refractivity contribution >= 4 is 45.0 Å². The van der Waals surface area contributed by atoms with Gasteiger partial charge in [0.1, 0.15) is 0 Å². The van der Waals surface area contributed by atoms with Gasteiger partial charge in [0.25, 0.3) is 5.91 Å². The van der Waals surface area contributed by atoms with Gasteiger partial charge in [-0.2, -0.15) is 0 Å². The Morgan fingerprint density at radius 1 is 1.06 bits per heavy atom. The van der Waals surface area contributed by atoms with Gasteiger partial charge in [0.05, 0.1) is 28.2 Å². The molecule has 0 bridgehead atoms. The topological polar surface area (TPSA) is 97.4 Å². The lowest BCUT2D eigenvalue weighted by atomic mass is 10.1. The van der Waals surface area contributed by atoms with Gasteiger partial charge in [0.15, 0.2) is 6.10 Å². The van der Waals surface area contributed by atoms with Crippen LogP contribution in [0.3, 0.4) is 0 Å². The van der Waals surface area contributed by atoms with E-state index in [4.69, 9.17) is 4.74 Å². The monoisotopic (exact) mass is 439 g/mol. The Hall–Kier alpha value is -3.26. The number of rotatable bonds is 8. The second-order valence-corrected chi connectivity index (χ2v) is 8.36. The number of esters is 1. The van der Waals surface area contributed by atoms with E-state index in [1.807, 2.05) is 56.3 Å². The summed E-state index contributed by atoms with van der Waals surface area (Å²) in [5.41, 5.74) is 3.52. The maximum Gasteiger partial charge on any atom is 0.306 e. The van der Waals surface area contributed by atoms with Gasteiger partial charge in [-0.25, -0.2) is 4.98 Å². The number of para-hydroxylation sites is 2. The van der Waals surface area contributed by atoms with Crippen LogP contribution < -0.4 is 10.6 Å². The summed E-state index contributed by atoms with van der Waals surface area (Å²) in [6.07, 6.45) is -0.411. The van der Waals surface area contributed by atoms with Crippen molar-refractivity contribution in [1.82, 2.24) is 10.3 Å². The lowest BCUT2D eigenvalue weighted by molar-refractivity contribution is -0.154. The van der Waals surface area contributed by atoms with E-state index in [1.165, 1.54) is 18.3 Å². The summed E-state index contributed by atoms with van der Waals surface area (Å²) >= 11 is 1.54. The van der Waals surface area contributed by atoms with Crippen molar-refractivity contribution in [1.29, 1.82) is 0 Å². The second kappa shape index (κ2) is 10.2. The van der Waals surface area contributed by atoms with E-state index in [2.05, 4.69) is 15.6 Å². The molecule has 0 saturated carbocycles. The van der Waals surface area contributed by atoms with Crippen molar-refractivity contribution in [2.45, 2.75) is 39.7 Å². The third-order valence-corrected chi connectivity index (χ3v) is 5.82. The molecule has 162 valence electrons. The lowest BCUT2D eigenvalue weighted by Crippen LogP contribution is -2.40. The molecule has 1 unspecified atom stereocenters. The van der Waals surface area contributed by atoms with E-state index in [-0.39, 0.29) is 18.9 Å². The van der Waals surface area contributed by atoms with Crippen molar-refractivity contribution in [3.05, 3.63) is 58.6 Å². The average molecular weight is 440 g/mol. The van der Waals surface area contributed by atoms with Gasteiger partial charge in [0.2, 0.25) is 5.91 Å². The van der Waals surface area contributed by atoms with Gasteiger partial charge >= 0.3 is 5.97 Å². The molecule has 2 amide bonds. The highest BCUT2D eigenvalue weighted by Crippen LogP contribution is 2.22. The molecule has 0 aliphatic carbocycles. The van der Waals surface area contributed by atoms with E-state index >= 15 is 0 Å². The van der Waals surface area contributed by atoms with Gasteiger partial charge < -0.3 is 15.4 Å². The fraction of sp³-hybridized carbons (Fsp3) is 0.304. The molecule has 1 atom stereocenters. The molecular formula is C23H25N3O4S. The van der Waals surface area contributed by atoms with Gasteiger partial charge in [-0.3, -0.25) is 14.4 Å². The normalized spacial score (nSPS) is 11.7. The molecule has 2 aromatic carbocycles. The van der Waals surface area contributed by atoms with Crippen LogP contribution in [0.5, 0.6) is 0 Å². The molecule has 0 aliphatic heterocycles. The zero-order valence-corrected chi connectivity index (χ0v) is 18.5. The Bertz CT molecular complexity index is 1060. The number of nitrogens with one attached hydrogen (secondary N) is 2. The number of hydrogen-bond acceptors (Lipinski definition) is 6. The fourth-order valence-electron chi connectivity index (χ4n) is 3.05. The van der Waals surface area contributed by atoms with Crippen LogP contribution in [0, 0.1) is 13.8 Å². The molecule has 0 spiro atoms. The van der Waals surface area contributed by atoms with Crippen molar-refractivity contribution in [3.8, 4) is 0 Å². The van der Waals surface area contributed by atoms with E-state index in [0.717, 1.165) is 32.0 Å². The van der Waals surface area contributed by atoms with Crippen LogP contribution in [0.15, 0.2) is 42.5 Å². The number of hydrogen-bond donors (Lipinski definition) is 2. The SMILES string of the molecule is Cc1cccc(C)c1NC(=O)CNC(=O)C(C)OC(=O)CCc1nc2ccccc2s1. The highest BCUT2D eigenvalue weighted by molar-refractivity contribution is 7.18. The number of carbonyl (C=O) groups is 3. The van der Waals surface area contributed by atoms with Crippen LogP contribution in [0.1, 0.15) is 29.5 Å². The Morgan fingerprint density at radius 3 is 2.48 bits per heavy atom. The summed E-state index contributed by atoms with van der Waals surface area (Å²) in [6.45, 7) is 5.07. The lowest BCUT2D eigenvalue weighted by Gasteiger charge is -2.14. The van der Waals surface area contributed by atoms with Crippen LogP contribution in [0.2, 0.25) is 0 Å². The van der Waals surface area contributed by atoms with E-state index in [1.54, 1.807) is 0 Å². The summed E-state index contributed by atoms with van der Waals surface area (Å²) < 4.78 is 6.26. The molecule has 7 nitrogen and oxygen atoms in total. The molecule has 0 radical (unpaired) electrons. The minimum absolute atomic E-state index is 0.129. The van der Waals surface area contributed by atoms with Crippen LogP contribution in [0.25, 0.3) is 10.2 Å². The van der Waals surface area contributed by atoms with Crippen molar-refractivity contribution < 1.29 is 19.1 Å². The third-order valence-electron chi connectivity index (χ3n) is 4.73. The van der Waals surface area contributed by atoms with Crippen LogP contribution in [-0.4, -0.2) is 35.4 Å². The Labute approximate surface area is 184 Å². The summed E-state index contributed by atoms with van der Waals surface area (Å²) in [6, 6.07) is 13.5. The molecule has 0 saturated heterocycles. The minimum atomic E-state index is -0.990. The molecule has 2 N–H and O–H groups in total. The number of nitrogens with zero attached hydrogens (tertiary/aromatic N) is 1. The van der Waals surface area contributed by atoms with Crippen LogP contribution in [0.4, 0.5) is 5.69 Å². The fourth-order valence-corrected chi connectivity index (χ4v) is 4.02. The van der Waals surface area contributed by atoms with Gasteiger partial charge in [0, 0.05) is 12.1 Å². The van der Waals surface area contributed by atoms with Crippen molar-refractivity contribution in [2.75, 3.05) is 11.9 Å². The molecule has 0 fully saturated rings. The zero-order chi connectivity index (χ0) is 22.4. The average Bonchev–Trinajstić information content (AvgIpc) is 3.16. The maximum absolute atomic E-state index is 12.2. The second-order valence-electron chi connectivity index (χ2n) is 7.24. The summed E-state index contributed by atoms with van der Waals surface area (Å²) in [5.74, 6) is -1.35. The summed E-state index contributed by atoms with van der Waals surface area (Å²) in [5, 5.41) is 6.14. The van der Waals surface area contributed by atoms with Crippen molar-refractivity contribution in [3.63, 3.8) is 0 Å². The number of amides is 2. The highest BCUT2D eigenvalue weighted by atomic mass is 32.1. The first kappa shape index (κ1) is 22.4. The number of anilines is 1. The van der Waals surface area contributed by atoms with E-state index in [0.29, 0.717) is 6.42 Å². The number of aromatic nitrogens is 1. The third kappa shape index (κ3) is 6.11. The number of benzene rings is 2. The minimum Gasteiger partial charge on any atom is -0.453 e. The maximum atomic E-state index is 12.2. The number of thiazole rings is 1. The van der Waals surface area contributed by atoms with E-state index in [9.17, 15) is 14.4 Å². The first-order chi connectivity index (χ1) is 14.8. The molecule has 3 aromatic rings. The number of ether oxygens (including phenoxy) is 1. The molecule has 3 rings (SSSR count). The molecular weight excluding hydrogens is 414 g/mol. The molecule has 1 aromatic heterocycles. The zero-order valence-electron chi connectivity index (χ0n) is 17.7. The Kier molecular flexibility index (Phi) is 7.36. The van der Waals surface area contributed by atoms with Gasteiger partial charge in [-0.05, 0) is 44.0 Å². The first-order valence-corrected chi connectivity index (χ1v) is 10.8. The van der Waals surface area contributed by atoms with Gasteiger partial charge in [-0.15, -0.1) is 11.3 Å². The van der Waals surface area contributed by atoms with E-state index < -0.39 is 18.0 Å².